The van der Waals surface area contributed by atoms with Crippen LogP contribution in [-0.4, -0.2) is 32.6 Å². The highest BCUT2D eigenvalue weighted by molar-refractivity contribution is 5.89. The van der Waals surface area contributed by atoms with E-state index in [1.807, 2.05) is 24.3 Å². The summed E-state index contributed by atoms with van der Waals surface area (Å²) in [5, 5.41) is 2.73. The van der Waals surface area contributed by atoms with Crippen LogP contribution in [0.15, 0.2) is 36.1 Å². The molecule has 1 saturated carbocycles. The minimum atomic E-state index is -0.711. The molecule has 4 atom stereocenters. The number of fused-ring (bicyclic) bond motifs is 1. The molecule has 4 unspecified atom stereocenters. The molecule has 146 valence electrons. The first kappa shape index (κ1) is 19.1. The van der Waals surface area contributed by atoms with Gasteiger partial charge in [0.15, 0.2) is 0 Å². The Hall–Kier alpha value is -2.70. The van der Waals surface area contributed by atoms with Gasteiger partial charge in [-0.15, -0.1) is 0 Å². The molecular weight excluding hydrogens is 350 g/mol. The van der Waals surface area contributed by atoms with E-state index in [0.29, 0.717) is 12.1 Å². The molecule has 0 radical (unpaired) electrons. The molecule has 1 fully saturated rings. The molecule has 27 heavy (non-hydrogen) atoms. The number of carbonyl (C=O) groups excluding carboxylic acids is 2. The maximum absolute atomic E-state index is 12.2. The zero-order chi connectivity index (χ0) is 19.4. The average Bonchev–Trinajstić information content (AvgIpc) is 3.08. The Balaban J connectivity index is 1.59. The summed E-state index contributed by atoms with van der Waals surface area (Å²) in [6.07, 6.45) is 1.91. The Morgan fingerprint density at radius 1 is 1.19 bits per heavy atom. The van der Waals surface area contributed by atoms with E-state index in [0.717, 1.165) is 24.2 Å². The molecule has 1 N–H and O–H groups in total. The molecule has 0 aromatic heterocycles. The number of amides is 1. The van der Waals surface area contributed by atoms with E-state index in [9.17, 15) is 9.59 Å². The van der Waals surface area contributed by atoms with Crippen LogP contribution in [0.1, 0.15) is 25.3 Å². The van der Waals surface area contributed by atoms with E-state index >= 15 is 0 Å². The summed E-state index contributed by atoms with van der Waals surface area (Å²) in [4.78, 5) is 24.2. The highest BCUT2D eigenvalue weighted by atomic mass is 16.7. The molecule has 2 aliphatic rings. The Bertz CT molecular complexity index is 714. The van der Waals surface area contributed by atoms with Gasteiger partial charge in [0.25, 0.3) is 0 Å². The fourth-order valence-corrected chi connectivity index (χ4v) is 3.85. The van der Waals surface area contributed by atoms with Crippen molar-refractivity contribution in [2.45, 2.75) is 32.6 Å². The molecule has 3 rings (SSSR count). The number of ether oxygens (including phenoxy) is 4. The maximum Gasteiger partial charge on any atom is 0.410 e. The molecule has 1 amide bonds. The van der Waals surface area contributed by atoms with Gasteiger partial charge in [0, 0.05) is 18.4 Å². The molecule has 1 aliphatic carbocycles. The van der Waals surface area contributed by atoms with Crippen LogP contribution >= 0.6 is 0 Å². The normalized spacial score (nSPS) is 26.3. The Kier molecular flexibility index (Phi) is 5.88. The Morgan fingerprint density at radius 3 is 2.59 bits per heavy atom. The van der Waals surface area contributed by atoms with Crippen LogP contribution in [-0.2, 0) is 25.5 Å². The number of esters is 1. The van der Waals surface area contributed by atoms with Gasteiger partial charge in [-0.25, -0.2) is 9.59 Å². The van der Waals surface area contributed by atoms with E-state index in [4.69, 9.17) is 18.9 Å². The van der Waals surface area contributed by atoms with Crippen LogP contribution in [0.3, 0.4) is 0 Å². The topological polar surface area (TPSA) is 83.1 Å². The van der Waals surface area contributed by atoms with Crippen molar-refractivity contribution in [3.63, 3.8) is 0 Å². The molecule has 1 aliphatic heterocycles. The number of benzene rings is 1. The van der Waals surface area contributed by atoms with Crippen molar-refractivity contribution >= 4 is 12.1 Å². The van der Waals surface area contributed by atoms with Crippen LogP contribution in [0.5, 0.6) is 5.75 Å². The van der Waals surface area contributed by atoms with Gasteiger partial charge in [-0.3, -0.25) is 0 Å². The molecular formula is C20H25NO6. The quantitative estimate of drug-likeness (QED) is 0.797. The summed E-state index contributed by atoms with van der Waals surface area (Å²) >= 11 is 0. The summed E-state index contributed by atoms with van der Waals surface area (Å²) in [7, 11) is 2.96. The monoisotopic (exact) mass is 375 g/mol. The molecule has 1 aromatic rings. The minimum Gasteiger partial charge on any atom is -0.497 e. The third-order valence-corrected chi connectivity index (χ3v) is 5.34. The maximum atomic E-state index is 12.2. The molecule has 7 nitrogen and oxygen atoms in total. The molecule has 0 saturated heterocycles. The largest absolute Gasteiger partial charge is 0.497 e. The SMILES string of the molecule is COC(=O)C1=COC(OC(=O)NCc2ccc(OC)cc2)C2C(C)CCC12. The highest BCUT2D eigenvalue weighted by Crippen LogP contribution is 2.46. The second kappa shape index (κ2) is 8.33. The number of hydrogen-bond donors (Lipinski definition) is 1. The predicted molar refractivity (Wildman–Crippen MR) is 96.7 cm³/mol. The third kappa shape index (κ3) is 4.18. The van der Waals surface area contributed by atoms with E-state index < -0.39 is 12.4 Å². The molecule has 7 heteroatoms. The molecule has 1 heterocycles. The standard InChI is InChI=1S/C20H25NO6/c1-12-4-9-15-16(18(22)25-3)11-26-19(17(12)15)27-20(23)21-10-13-5-7-14(24-2)8-6-13/h5-8,11-12,15,17,19H,4,9-10H2,1-3H3,(H,21,23). The second-order valence-electron chi connectivity index (χ2n) is 6.91. The Labute approximate surface area is 158 Å². The number of nitrogens with one attached hydrogen (secondary N) is 1. The van der Waals surface area contributed by atoms with Crippen LogP contribution < -0.4 is 10.1 Å². The lowest BCUT2D eigenvalue weighted by atomic mass is 9.83. The average molecular weight is 375 g/mol. The summed E-state index contributed by atoms with van der Waals surface area (Å²) in [6, 6.07) is 7.40. The molecule has 0 spiro atoms. The van der Waals surface area contributed by atoms with E-state index in [-0.39, 0.29) is 23.7 Å². The van der Waals surface area contributed by atoms with Gasteiger partial charge in [-0.1, -0.05) is 19.1 Å². The highest BCUT2D eigenvalue weighted by Gasteiger charge is 2.48. The number of alkyl carbamates (subject to hydrolysis) is 1. The summed E-state index contributed by atoms with van der Waals surface area (Å²) < 4.78 is 21.0. The van der Waals surface area contributed by atoms with E-state index in [1.165, 1.54) is 13.4 Å². The minimum absolute atomic E-state index is 0.0133. The lowest BCUT2D eigenvalue weighted by molar-refractivity contribution is -0.145. The smallest absolute Gasteiger partial charge is 0.410 e. The van der Waals surface area contributed by atoms with Crippen molar-refractivity contribution in [2.24, 2.45) is 17.8 Å². The van der Waals surface area contributed by atoms with Crippen LogP contribution in [0, 0.1) is 17.8 Å². The lowest BCUT2D eigenvalue weighted by Gasteiger charge is -2.34. The third-order valence-electron chi connectivity index (χ3n) is 5.34. The summed E-state index contributed by atoms with van der Waals surface area (Å²) in [6.45, 7) is 2.42. The lowest BCUT2D eigenvalue weighted by Crippen LogP contribution is -2.41. The van der Waals surface area contributed by atoms with Gasteiger partial charge in [0.05, 0.1) is 26.1 Å². The first-order chi connectivity index (χ1) is 13.0. The zero-order valence-corrected chi connectivity index (χ0v) is 15.8. The molecule has 1 aromatic carbocycles. The number of hydrogen-bond acceptors (Lipinski definition) is 6. The number of methoxy groups -OCH3 is 2. The van der Waals surface area contributed by atoms with Crippen LogP contribution in [0.25, 0.3) is 0 Å². The summed E-state index contributed by atoms with van der Waals surface area (Å²) in [5.74, 6) is 0.576. The van der Waals surface area contributed by atoms with Gasteiger partial charge in [0.1, 0.15) is 5.75 Å². The van der Waals surface area contributed by atoms with Crippen molar-refractivity contribution in [3.8, 4) is 5.75 Å². The number of carbonyl (C=O) groups is 2. The first-order valence-electron chi connectivity index (χ1n) is 9.04. The van der Waals surface area contributed by atoms with Gasteiger partial charge in [-0.2, -0.15) is 0 Å². The fourth-order valence-electron chi connectivity index (χ4n) is 3.85. The van der Waals surface area contributed by atoms with Crippen molar-refractivity contribution in [2.75, 3.05) is 14.2 Å². The van der Waals surface area contributed by atoms with Crippen LogP contribution in [0.2, 0.25) is 0 Å². The van der Waals surface area contributed by atoms with Gasteiger partial charge >= 0.3 is 12.1 Å². The fraction of sp³-hybridized carbons (Fsp3) is 0.500. The zero-order valence-electron chi connectivity index (χ0n) is 15.8. The van der Waals surface area contributed by atoms with Crippen molar-refractivity contribution < 1.29 is 28.5 Å². The van der Waals surface area contributed by atoms with Crippen molar-refractivity contribution in [1.29, 1.82) is 0 Å². The molecule has 0 bridgehead atoms. The Morgan fingerprint density at radius 2 is 1.93 bits per heavy atom. The number of rotatable bonds is 5. The predicted octanol–water partition coefficient (Wildman–Crippen LogP) is 3.00. The van der Waals surface area contributed by atoms with Gasteiger partial charge < -0.3 is 24.3 Å². The summed E-state index contributed by atoms with van der Waals surface area (Å²) in [5.41, 5.74) is 1.45. The van der Waals surface area contributed by atoms with Crippen molar-refractivity contribution in [1.82, 2.24) is 5.32 Å². The van der Waals surface area contributed by atoms with Gasteiger partial charge in [0.2, 0.25) is 6.29 Å². The van der Waals surface area contributed by atoms with Crippen LogP contribution in [0.4, 0.5) is 4.79 Å². The van der Waals surface area contributed by atoms with Gasteiger partial charge in [-0.05, 0) is 36.5 Å². The van der Waals surface area contributed by atoms with Crippen molar-refractivity contribution in [3.05, 3.63) is 41.7 Å². The second-order valence-corrected chi connectivity index (χ2v) is 6.91. The van der Waals surface area contributed by atoms with E-state index in [1.54, 1.807) is 7.11 Å². The first-order valence-corrected chi connectivity index (χ1v) is 9.04. The van der Waals surface area contributed by atoms with E-state index in [2.05, 4.69) is 12.2 Å².